The van der Waals surface area contributed by atoms with Crippen molar-refractivity contribution < 1.29 is 0 Å². The van der Waals surface area contributed by atoms with Gasteiger partial charge >= 0.3 is 0 Å². The van der Waals surface area contributed by atoms with Gasteiger partial charge in [-0.2, -0.15) is 0 Å². The second-order valence-corrected chi connectivity index (χ2v) is 4.36. The van der Waals surface area contributed by atoms with Gasteiger partial charge in [0.25, 0.3) is 0 Å². The molecular formula is C13H17N. The number of hydrogen-bond donors (Lipinski definition) is 0. The molecule has 0 heterocycles. The molecule has 0 spiro atoms. The van der Waals surface area contributed by atoms with Gasteiger partial charge in [0.1, 0.15) is 0 Å². The Bertz CT molecular complexity index is 356. The van der Waals surface area contributed by atoms with Crippen LogP contribution in [0.2, 0.25) is 0 Å². The molecule has 0 saturated heterocycles. The van der Waals surface area contributed by atoms with Gasteiger partial charge in [-0.15, -0.1) is 0 Å². The SMILES string of the molecule is C=Cc1cccc(C(C)(C)C)c1N=C. The van der Waals surface area contributed by atoms with Crippen LogP contribution in [-0.4, -0.2) is 6.72 Å². The predicted octanol–water partition coefficient (Wildman–Crippen LogP) is 3.96. The van der Waals surface area contributed by atoms with E-state index < -0.39 is 0 Å². The van der Waals surface area contributed by atoms with E-state index >= 15 is 0 Å². The Kier molecular flexibility index (Phi) is 2.90. The van der Waals surface area contributed by atoms with E-state index in [1.165, 1.54) is 5.56 Å². The van der Waals surface area contributed by atoms with E-state index in [1.54, 1.807) is 0 Å². The lowest BCUT2D eigenvalue weighted by Crippen LogP contribution is -2.11. The molecule has 0 bridgehead atoms. The van der Waals surface area contributed by atoms with Crippen molar-refractivity contribution in [1.29, 1.82) is 0 Å². The summed E-state index contributed by atoms with van der Waals surface area (Å²) in [6.45, 7) is 13.9. The van der Waals surface area contributed by atoms with Crippen molar-refractivity contribution in [2.24, 2.45) is 4.99 Å². The van der Waals surface area contributed by atoms with E-state index in [0.29, 0.717) is 0 Å². The van der Waals surface area contributed by atoms with Gasteiger partial charge in [0.2, 0.25) is 0 Å². The maximum atomic E-state index is 4.09. The Labute approximate surface area is 86.2 Å². The Hall–Kier alpha value is -1.37. The van der Waals surface area contributed by atoms with Gasteiger partial charge in [-0.3, -0.25) is 4.99 Å². The van der Waals surface area contributed by atoms with E-state index in [9.17, 15) is 0 Å². The number of para-hydroxylation sites is 1. The molecule has 0 aliphatic carbocycles. The van der Waals surface area contributed by atoms with Gasteiger partial charge in [0.05, 0.1) is 5.69 Å². The van der Waals surface area contributed by atoms with Gasteiger partial charge < -0.3 is 0 Å². The lowest BCUT2D eigenvalue weighted by atomic mass is 9.84. The summed E-state index contributed by atoms with van der Waals surface area (Å²) in [4.78, 5) is 4.09. The molecule has 0 amide bonds. The molecule has 0 unspecified atom stereocenters. The molecule has 0 atom stereocenters. The average Bonchev–Trinajstić information content (AvgIpc) is 2.15. The molecule has 1 aromatic rings. The summed E-state index contributed by atoms with van der Waals surface area (Å²) in [6.07, 6.45) is 1.82. The Morgan fingerprint density at radius 1 is 1.29 bits per heavy atom. The fourth-order valence-electron chi connectivity index (χ4n) is 1.51. The first-order chi connectivity index (χ1) is 6.50. The largest absolute Gasteiger partial charge is 0.264 e. The van der Waals surface area contributed by atoms with E-state index in [4.69, 9.17) is 0 Å². The summed E-state index contributed by atoms with van der Waals surface area (Å²) in [5.41, 5.74) is 3.31. The molecule has 0 fully saturated rings. The van der Waals surface area contributed by atoms with Crippen molar-refractivity contribution in [3.05, 3.63) is 35.9 Å². The zero-order chi connectivity index (χ0) is 10.8. The van der Waals surface area contributed by atoms with Gasteiger partial charge in [-0.1, -0.05) is 51.6 Å². The van der Waals surface area contributed by atoms with Gasteiger partial charge in [-0.25, -0.2) is 0 Å². The van der Waals surface area contributed by atoms with E-state index in [0.717, 1.165) is 11.3 Å². The first kappa shape index (κ1) is 10.7. The molecule has 1 heteroatoms. The minimum Gasteiger partial charge on any atom is -0.264 e. The summed E-state index contributed by atoms with van der Waals surface area (Å²) >= 11 is 0. The summed E-state index contributed by atoms with van der Waals surface area (Å²) in [6, 6.07) is 6.13. The molecule has 1 rings (SSSR count). The average molecular weight is 187 g/mol. The maximum Gasteiger partial charge on any atom is 0.0731 e. The lowest BCUT2D eigenvalue weighted by molar-refractivity contribution is 0.591. The predicted molar refractivity (Wildman–Crippen MR) is 64.4 cm³/mol. The Morgan fingerprint density at radius 3 is 2.36 bits per heavy atom. The van der Waals surface area contributed by atoms with Gasteiger partial charge in [0.15, 0.2) is 0 Å². The van der Waals surface area contributed by atoms with E-state index in [2.05, 4.69) is 45.1 Å². The Balaban J connectivity index is 3.44. The molecule has 1 aromatic carbocycles. The minimum atomic E-state index is 0.0928. The smallest absolute Gasteiger partial charge is 0.0731 e. The van der Waals surface area contributed by atoms with Crippen LogP contribution < -0.4 is 0 Å². The molecule has 74 valence electrons. The van der Waals surface area contributed by atoms with Crippen LogP contribution in [0.15, 0.2) is 29.8 Å². The minimum absolute atomic E-state index is 0.0928. The summed E-state index contributed by atoms with van der Waals surface area (Å²) in [7, 11) is 0. The fraction of sp³-hybridized carbons (Fsp3) is 0.308. The van der Waals surface area contributed by atoms with Gasteiger partial charge in [0, 0.05) is 0 Å². The zero-order valence-corrected chi connectivity index (χ0v) is 9.17. The molecule has 0 N–H and O–H groups in total. The normalized spacial score (nSPS) is 11.1. The topological polar surface area (TPSA) is 12.4 Å². The lowest BCUT2D eigenvalue weighted by Gasteiger charge is -2.22. The summed E-state index contributed by atoms with van der Waals surface area (Å²) in [5.74, 6) is 0. The number of aliphatic imine (C=N–C) groups is 1. The van der Waals surface area contributed by atoms with Crippen LogP contribution in [0.1, 0.15) is 31.9 Å². The number of nitrogens with zero attached hydrogens (tertiary/aromatic N) is 1. The van der Waals surface area contributed by atoms with Crippen molar-refractivity contribution >= 4 is 18.5 Å². The molecule has 0 aliphatic heterocycles. The van der Waals surface area contributed by atoms with Crippen molar-refractivity contribution in [1.82, 2.24) is 0 Å². The summed E-state index contributed by atoms with van der Waals surface area (Å²) in [5, 5.41) is 0. The molecule has 0 aromatic heterocycles. The fourth-order valence-corrected chi connectivity index (χ4v) is 1.51. The third-order valence-electron chi connectivity index (χ3n) is 2.25. The first-order valence-corrected chi connectivity index (χ1v) is 4.73. The summed E-state index contributed by atoms with van der Waals surface area (Å²) < 4.78 is 0. The van der Waals surface area contributed by atoms with Crippen LogP contribution in [0, 0.1) is 0 Å². The molecule has 0 aliphatic rings. The second-order valence-electron chi connectivity index (χ2n) is 4.36. The quantitative estimate of drug-likeness (QED) is 0.621. The number of benzene rings is 1. The number of hydrogen-bond acceptors (Lipinski definition) is 1. The molecule has 1 nitrogen and oxygen atoms in total. The van der Waals surface area contributed by atoms with Crippen LogP contribution in [0.4, 0.5) is 5.69 Å². The first-order valence-electron chi connectivity index (χ1n) is 4.73. The number of rotatable bonds is 2. The highest BCUT2D eigenvalue weighted by Gasteiger charge is 2.18. The molecule has 0 saturated carbocycles. The molecular weight excluding hydrogens is 170 g/mol. The standard InChI is InChI=1S/C13H17N/c1-6-10-8-7-9-11(12(10)14-5)13(2,3)4/h6-9H,1,5H2,2-4H3. The molecule has 0 radical (unpaired) electrons. The van der Waals surface area contributed by atoms with Crippen molar-refractivity contribution in [3.8, 4) is 0 Å². The third kappa shape index (κ3) is 1.92. The van der Waals surface area contributed by atoms with Crippen LogP contribution >= 0.6 is 0 Å². The van der Waals surface area contributed by atoms with Crippen LogP contribution in [0.5, 0.6) is 0 Å². The van der Waals surface area contributed by atoms with Crippen molar-refractivity contribution in [3.63, 3.8) is 0 Å². The Morgan fingerprint density at radius 2 is 1.93 bits per heavy atom. The van der Waals surface area contributed by atoms with Crippen LogP contribution in [-0.2, 0) is 5.41 Å². The van der Waals surface area contributed by atoms with E-state index in [1.807, 2.05) is 18.2 Å². The molecule has 14 heavy (non-hydrogen) atoms. The van der Waals surface area contributed by atoms with Crippen molar-refractivity contribution in [2.45, 2.75) is 26.2 Å². The zero-order valence-electron chi connectivity index (χ0n) is 9.17. The second kappa shape index (κ2) is 3.79. The maximum absolute atomic E-state index is 4.09. The van der Waals surface area contributed by atoms with Crippen molar-refractivity contribution in [2.75, 3.05) is 0 Å². The highest BCUT2D eigenvalue weighted by atomic mass is 14.7. The van der Waals surface area contributed by atoms with Crippen LogP contribution in [0.3, 0.4) is 0 Å². The monoisotopic (exact) mass is 187 g/mol. The highest BCUT2D eigenvalue weighted by molar-refractivity contribution is 5.69. The van der Waals surface area contributed by atoms with Gasteiger partial charge in [-0.05, 0) is 23.3 Å². The van der Waals surface area contributed by atoms with Crippen LogP contribution in [0.25, 0.3) is 6.08 Å². The van der Waals surface area contributed by atoms with E-state index in [-0.39, 0.29) is 5.41 Å². The third-order valence-corrected chi connectivity index (χ3v) is 2.25. The highest BCUT2D eigenvalue weighted by Crippen LogP contribution is 2.34.